The van der Waals surface area contributed by atoms with Gasteiger partial charge in [-0.15, -0.1) is 0 Å². The highest BCUT2D eigenvalue weighted by Crippen LogP contribution is 2.14. The summed E-state index contributed by atoms with van der Waals surface area (Å²) in [7, 11) is 4.20. The van der Waals surface area contributed by atoms with Crippen LogP contribution in [0.15, 0.2) is 18.6 Å². The molecular weight excluding hydrogens is 200 g/mol. The summed E-state index contributed by atoms with van der Waals surface area (Å²) in [6.45, 7) is 7.35. The Kier molecular flexibility index (Phi) is 4.83. The fourth-order valence-electron chi connectivity index (χ4n) is 1.86. The van der Waals surface area contributed by atoms with Gasteiger partial charge in [-0.3, -0.25) is 9.97 Å². The van der Waals surface area contributed by atoms with E-state index >= 15 is 0 Å². The molecule has 0 fully saturated rings. The summed E-state index contributed by atoms with van der Waals surface area (Å²) in [5, 5.41) is 3.42. The summed E-state index contributed by atoms with van der Waals surface area (Å²) in [6.07, 6.45) is 5.22. The topological polar surface area (TPSA) is 41.0 Å². The van der Waals surface area contributed by atoms with Gasteiger partial charge in [0.15, 0.2) is 0 Å². The highest BCUT2D eigenvalue weighted by Gasteiger charge is 2.18. The maximum atomic E-state index is 4.22. The van der Waals surface area contributed by atoms with Crippen molar-refractivity contribution in [3.63, 3.8) is 0 Å². The Balaban J connectivity index is 2.30. The van der Waals surface area contributed by atoms with Crippen LogP contribution in [0, 0.1) is 5.41 Å². The van der Waals surface area contributed by atoms with Gasteiger partial charge in [0.1, 0.15) is 0 Å². The van der Waals surface area contributed by atoms with Gasteiger partial charge in [-0.2, -0.15) is 0 Å². The van der Waals surface area contributed by atoms with Gasteiger partial charge in [0, 0.05) is 38.2 Å². The Morgan fingerprint density at radius 1 is 1.31 bits per heavy atom. The van der Waals surface area contributed by atoms with Crippen molar-refractivity contribution >= 4 is 0 Å². The molecule has 1 aromatic heterocycles. The molecule has 0 aromatic carbocycles. The van der Waals surface area contributed by atoms with Crippen molar-refractivity contribution in [3.8, 4) is 0 Å². The van der Waals surface area contributed by atoms with E-state index in [0.29, 0.717) is 0 Å². The van der Waals surface area contributed by atoms with Gasteiger partial charge in [-0.1, -0.05) is 13.8 Å². The van der Waals surface area contributed by atoms with Crippen LogP contribution in [0.25, 0.3) is 0 Å². The SMILES string of the molecule is CN(C)CC(C)(C)CNCc1cnccn1. The molecule has 0 aliphatic carbocycles. The average Bonchev–Trinajstić information content (AvgIpc) is 2.16. The Labute approximate surface area is 98.1 Å². The zero-order chi connectivity index (χ0) is 12.0. The van der Waals surface area contributed by atoms with E-state index in [4.69, 9.17) is 0 Å². The van der Waals surface area contributed by atoms with E-state index in [1.165, 1.54) is 0 Å². The Morgan fingerprint density at radius 2 is 2.06 bits per heavy atom. The molecule has 1 heterocycles. The standard InChI is InChI=1S/C12H22N4/c1-12(2,10-16(3)4)9-14-8-11-7-13-5-6-15-11/h5-7,14H,8-10H2,1-4H3. The van der Waals surface area contributed by atoms with Crippen LogP contribution < -0.4 is 5.32 Å². The first kappa shape index (κ1) is 13.1. The Morgan fingerprint density at radius 3 is 2.62 bits per heavy atom. The van der Waals surface area contributed by atoms with Crippen LogP contribution in [0.4, 0.5) is 0 Å². The second-order valence-electron chi connectivity index (χ2n) is 5.20. The first-order valence-electron chi connectivity index (χ1n) is 5.60. The predicted molar refractivity (Wildman–Crippen MR) is 66.1 cm³/mol. The van der Waals surface area contributed by atoms with E-state index in [0.717, 1.165) is 25.3 Å². The van der Waals surface area contributed by atoms with E-state index in [-0.39, 0.29) is 5.41 Å². The summed E-state index contributed by atoms with van der Waals surface area (Å²) < 4.78 is 0. The number of hydrogen-bond acceptors (Lipinski definition) is 4. The Hall–Kier alpha value is -1.00. The lowest BCUT2D eigenvalue weighted by Gasteiger charge is -2.28. The zero-order valence-electron chi connectivity index (χ0n) is 10.7. The van der Waals surface area contributed by atoms with Gasteiger partial charge in [0.25, 0.3) is 0 Å². The molecule has 0 amide bonds. The molecule has 16 heavy (non-hydrogen) atoms. The monoisotopic (exact) mass is 222 g/mol. The smallest absolute Gasteiger partial charge is 0.0724 e. The molecule has 4 nitrogen and oxygen atoms in total. The minimum atomic E-state index is 0.270. The van der Waals surface area contributed by atoms with Crippen LogP contribution in [0.5, 0.6) is 0 Å². The molecular formula is C12H22N4. The maximum absolute atomic E-state index is 4.22. The van der Waals surface area contributed by atoms with Crippen molar-refractivity contribution in [3.05, 3.63) is 24.3 Å². The van der Waals surface area contributed by atoms with Crippen LogP contribution in [0.1, 0.15) is 19.5 Å². The zero-order valence-corrected chi connectivity index (χ0v) is 10.7. The molecule has 0 saturated carbocycles. The molecule has 0 atom stereocenters. The predicted octanol–water partition coefficient (Wildman–Crippen LogP) is 1.15. The summed E-state index contributed by atoms with van der Waals surface area (Å²) in [4.78, 5) is 10.5. The quantitative estimate of drug-likeness (QED) is 0.784. The molecule has 1 N–H and O–H groups in total. The molecule has 0 spiro atoms. The average molecular weight is 222 g/mol. The van der Waals surface area contributed by atoms with Crippen molar-refractivity contribution in [2.24, 2.45) is 5.41 Å². The van der Waals surface area contributed by atoms with Crippen molar-refractivity contribution < 1.29 is 0 Å². The van der Waals surface area contributed by atoms with Crippen molar-refractivity contribution in [2.75, 3.05) is 27.2 Å². The molecule has 0 saturated heterocycles. The lowest BCUT2D eigenvalue weighted by molar-refractivity contribution is 0.232. The highest BCUT2D eigenvalue weighted by molar-refractivity contribution is 4.94. The highest BCUT2D eigenvalue weighted by atomic mass is 15.1. The number of nitrogens with zero attached hydrogens (tertiary/aromatic N) is 3. The van der Waals surface area contributed by atoms with E-state index in [1.54, 1.807) is 18.6 Å². The second-order valence-corrected chi connectivity index (χ2v) is 5.20. The van der Waals surface area contributed by atoms with Gasteiger partial charge in [-0.25, -0.2) is 0 Å². The molecule has 1 rings (SSSR count). The van der Waals surface area contributed by atoms with E-state index < -0.39 is 0 Å². The molecule has 0 aliphatic rings. The summed E-state index contributed by atoms with van der Waals surface area (Å²) >= 11 is 0. The number of nitrogens with one attached hydrogen (secondary N) is 1. The molecule has 1 aromatic rings. The summed E-state index contributed by atoms with van der Waals surface area (Å²) in [5.74, 6) is 0. The van der Waals surface area contributed by atoms with Gasteiger partial charge >= 0.3 is 0 Å². The Bertz CT molecular complexity index is 295. The van der Waals surface area contributed by atoms with E-state index in [9.17, 15) is 0 Å². The third kappa shape index (κ3) is 5.19. The number of aromatic nitrogens is 2. The fraction of sp³-hybridized carbons (Fsp3) is 0.667. The minimum absolute atomic E-state index is 0.270. The molecule has 90 valence electrons. The summed E-state index contributed by atoms with van der Waals surface area (Å²) in [5.41, 5.74) is 1.26. The third-order valence-corrected chi connectivity index (χ3v) is 2.27. The summed E-state index contributed by atoms with van der Waals surface area (Å²) in [6, 6.07) is 0. The van der Waals surface area contributed by atoms with Gasteiger partial charge in [-0.05, 0) is 19.5 Å². The first-order chi connectivity index (χ1) is 7.49. The first-order valence-corrected chi connectivity index (χ1v) is 5.60. The lowest BCUT2D eigenvalue weighted by atomic mass is 9.93. The van der Waals surface area contributed by atoms with Crippen LogP contribution in [-0.2, 0) is 6.54 Å². The normalized spacial score (nSPS) is 12.1. The van der Waals surface area contributed by atoms with Gasteiger partial charge < -0.3 is 10.2 Å². The molecule has 0 radical (unpaired) electrons. The molecule has 4 heteroatoms. The number of rotatable bonds is 6. The molecule has 0 bridgehead atoms. The van der Waals surface area contributed by atoms with Crippen LogP contribution in [-0.4, -0.2) is 42.1 Å². The van der Waals surface area contributed by atoms with Crippen LogP contribution >= 0.6 is 0 Å². The van der Waals surface area contributed by atoms with E-state index in [2.05, 4.69) is 48.1 Å². The number of hydrogen-bond donors (Lipinski definition) is 1. The maximum Gasteiger partial charge on any atom is 0.0724 e. The lowest BCUT2D eigenvalue weighted by Crippen LogP contribution is -2.37. The van der Waals surface area contributed by atoms with Crippen molar-refractivity contribution in [2.45, 2.75) is 20.4 Å². The minimum Gasteiger partial charge on any atom is -0.311 e. The largest absolute Gasteiger partial charge is 0.311 e. The van der Waals surface area contributed by atoms with Crippen molar-refractivity contribution in [1.29, 1.82) is 0 Å². The molecule has 0 aliphatic heterocycles. The molecule has 0 unspecified atom stereocenters. The van der Waals surface area contributed by atoms with Gasteiger partial charge in [0.05, 0.1) is 5.69 Å². The van der Waals surface area contributed by atoms with E-state index in [1.807, 2.05) is 0 Å². The third-order valence-electron chi connectivity index (χ3n) is 2.27. The van der Waals surface area contributed by atoms with Gasteiger partial charge in [0.2, 0.25) is 0 Å². The van der Waals surface area contributed by atoms with Crippen molar-refractivity contribution in [1.82, 2.24) is 20.2 Å². The fourth-order valence-corrected chi connectivity index (χ4v) is 1.86. The van der Waals surface area contributed by atoms with Crippen LogP contribution in [0.3, 0.4) is 0 Å². The second kappa shape index (κ2) is 5.92. The van der Waals surface area contributed by atoms with Crippen LogP contribution in [0.2, 0.25) is 0 Å².